The van der Waals surface area contributed by atoms with Crippen LogP contribution in [0.3, 0.4) is 0 Å². The Morgan fingerprint density at radius 3 is 2.71 bits per heavy atom. The highest BCUT2D eigenvalue weighted by Gasteiger charge is 2.29. The molecule has 0 spiro atoms. The van der Waals surface area contributed by atoms with Gasteiger partial charge in [0, 0.05) is 18.0 Å². The van der Waals surface area contributed by atoms with Crippen molar-refractivity contribution in [2.45, 2.75) is 25.6 Å². The Bertz CT molecular complexity index is 468. The van der Waals surface area contributed by atoms with Gasteiger partial charge in [-0.3, -0.25) is 0 Å². The number of hydrogen-bond acceptors (Lipinski definition) is 4. The molecule has 0 aliphatic heterocycles. The third-order valence-corrected chi connectivity index (χ3v) is 6.09. The fraction of sp³-hybridized carbons (Fsp3) is 0.500. The number of nitrogens with zero attached hydrogens (tertiary/aromatic N) is 1. The van der Waals surface area contributed by atoms with Crippen LogP contribution >= 0.6 is 23.6 Å². The molecule has 0 saturated heterocycles. The van der Waals surface area contributed by atoms with Crippen LogP contribution in [0.1, 0.15) is 18.7 Å². The number of rotatable bonds is 6. The van der Waals surface area contributed by atoms with Gasteiger partial charge in [0.25, 0.3) is 0 Å². The second-order valence-corrected chi connectivity index (χ2v) is 7.35. The Balaban J connectivity index is 2.90. The van der Waals surface area contributed by atoms with Crippen molar-refractivity contribution in [3.63, 3.8) is 0 Å². The van der Waals surface area contributed by atoms with Gasteiger partial charge in [-0.1, -0.05) is 25.2 Å². The molecule has 2 N–H and O–H groups in total. The molecule has 0 aliphatic carbocycles. The molecule has 0 fully saturated rings. The molecule has 1 rings (SSSR count). The van der Waals surface area contributed by atoms with Crippen LogP contribution in [-0.4, -0.2) is 29.5 Å². The zero-order valence-corrected chi connectivity index (χ0v) is 12.2. The Kier molecular flexibility index (Phi) is 5.05. The summed E-state index contributed by atoms with van der Waals surface area (Å²) in [6, 6.07) is 3.81. The largest absolute Gasteiger partial charge is 0.392 e. The average Bonchev–Trinajstić information content (AvgIpc) is 2.76. The van der Waals surface area contributed by atoms with Gasteiger partial charge in [-0.05, 0) is 18.4 Å². The smallest absolute Gasteiger partial charge is 0.223 e. The van der Waals surface area contributed by atoms with E-state index in [9.17, 15) is 8.42 Å². The van der Waals surface area contributed by atoms with E-state index < -0.39 is 15.3 Å². The highest BCUT2D eigenvalue weighted by Crippen LogP contribution is 2.17. The lowest BCUT2D eigenvalue weighted by atomic mass is 10.4. The summed E-state index contributed by atoms with van der Waals surface area (Å²) < 4.78 is 25.8. The maximum absolute atomic E-state index is 12.2. The average molecular weight is 292 g/mol. The van der Waals surface area contributed by atoms with Crippen molar-refractivity contribution in [1.82, 2.24) is 4.31 Å². The maximum atomic E-state index is 12.2. The van der Waals surface area contributed by atoms with E-state index in [4.69, 9.17) is 18.0 Å². The van der Waals surface area contributed by atoms with Gasteiger partial charge in [-0.25, -0.2) is 8.42 Å². The van der Waals surface area contributed by atoms with Crippen molar-refractivity contribution < 1.29 is 8.42 Å². The van der Waals surface area contributed by atoms with E-state index in [2.05, 4.69) is 0 Å². The zero-order chi connectivity index (χ0) is 13.1. The fourth-order valence-corrected chi connectivity index (χ4v) is 3.91. The second-order valence-electron chi connectivity index (χ2n) is 3.60. The first-order valence-corrected chi connectivity index (χ1v) is 7.99. The monoisotopic (exact) mass is 292 g/mol. The molecule has 0 aliphatic rings. The van der Waals surface area contributed by atoms with Gasteiger partial charge in [-0.15, -0.1) is 11.3 Å². The van der Waals surface area contributed by atoms with Crippen molar-refractivity contribution in [3.8, 4) is 0 Å². The zero-order valence-electron chi connectivity index (χ0n) is 9.79. The first-order valence-electron chi connectivity index (χ1n) is 5.20. The summed E-state index contributed by atoms with van der Waals surface area (Å²) in [4.78, 5) is 1.01. The standard InChI is InChI=1S/C10H16N2O2S3/c1-3-12(7-9-5-4-6-16-9)17(13,14)8(2)10(11)15/h4-6,8H,3,7H2,1-2H3,(H2,11,15). The van der Waals surface area contributed by atoms with Crippen molar-refractivity contribution >= 4 is 38.6 Å². The summed E-state index contributed by atoms with van der Waals surface area (Å²) in [5, 5.41) is 1.10. The molecular weight excluding hydrogens is 276 g/mol. The topological polar surface area (TPSA) is 63.4 Å². The van der Waals surface area contributed by atoms with Crippen molar-refractivity contribution in [2.75, 3.05) is 6.54 Å². The summed E-state index contributed by atoms with van der Waals surface area (Å²) in [5.41, 5.74) is 5.42. The predicted molar refractivity (Wildman–Crippen MR) is 75.6 cm³/mol. The summed E-state index contributed by atoms with van der Waals surface area (Å²) in [5.74, 6) is 0. The Hall–Kier alpha value is -0.500. The predicted octanol–water partition coefficient (Wildman–Crippen LogP) is 1.57. The lowest BCUT2D eigenvalue weighted by Crippen LogP contribution is -2.42. The van der Waals surface area contributed by atoms with E-state index in [0.29, 0.717) is 13.1 Å². The van der Waals surface area contributed by atoms with Crippen LogP contribution in [0.2, 0.25) is 0 Å². The molecule has 0 amide bonds. The highest BCUT2D eigenvalue weighted by atomic mass is 32.2. The Labute approximate surface area is 111 Å². The first kappa shape index (κ1) is 14.6. The molecule has 7 heteroatoms. The number of hydrogen-bond donors (Lipinski definition) is 1. The Morgan fingerprint density at radius 2 is 2.29 bits per heavy atom. The summed E-state index contributed by atoms with van der Waals surface area (Å²) in [7, 11) is -3.45. The summed E-state index contributed by atoms with van der Waals surface area (Å²) >= 11 is 6.29. The SMILES string of the molecule is CCN(Cc1cccs1)S(=O)(=O)C(C)C(N)=S. The molecule has 1 aromatic heterocycles. The van der Waals surface area contributed by atoms with Gasteiger partial charge in [0.2, 0.25) is 10.0 Å². The van der Waals surface area contributed by atoms with E-state index in [-0.39, 0.29) is 4.99 Å². The molecule has 1 aromatic rings. The van der Waals surface area contributed by atoms with Crippen LogP contribution in [0.15, 0.2) is 17.5 Å². The molecule has 17 heavy (non-hydrogen) atoms. The molecule has 0 radical (unpaired) electrons. The van der Waals surface area contributed by atoms with Gasteiger partial charge < -0.3 is 5.73 Å². The normalized spacial score (nSPS) is 13.8. The molecule has 0 saturated carbocycles. The van der Waals surface area contributed by atoms with Crippen molar-refractivity contribution in [1.29, 1.82) is 0 Å². The van der Waals surface area contributed by atoms with Crippen LogP contribution in [0.5, 0.6) is 0 Å². The van der Waals surface area contributed by atoms with Gasteiger partial charge in [0.15, 0.2) is 0 Å². The molecule has 0 bridgehead atoms. The van der Waals surface area contributed by atoms with E-state index in [0.717, 1.165) is 4.88 Å². The van der Waals surface area contributed by atoms with Crippen LogP contribution in [0.25, 0.3) is 0 Å². The van der Waals surface area contributed by atoms with E-state index in [1.807, 2.05) is 17.5 Å². The van der Waals surface area contributed by atoms with Crippen LogP contribution in [0.4, 0.5) is 0 Å². The van der Waals surface area contributed by atoms with Gasteiger partial charge in [-0.2, -0.15) is 4.31 Å². The van der Waals surface area contributed by atoms with Gasteiger partial charge in [0.1, 0.15) is 5.25 Å². The first-order chi connectivity index (χ1) is 7.89. The molecule has 1 unspecified atom stereocenters. The second kappa shape index (κ2) is 5.90. The Morgan fingerprint density at radius 1 is 1.65 bits per heavy atom. The molecular formula is C10H16N2O2S3. The highest BCUT2D eigenvalue weighted by molar-refractivity contribution is 7.92. The van der Waals surface area contributed by atoms with Gasteiger partial charge >= 0.3 is 0 Å². The lowest BCUT2D eigenvalue weighted by molar-refractivity contribution is 0.424. The number of nitrogens with two attached hydrogens (primary N) is 1. The number of sulfonamides is 1. The maximum Gasteiger partial charge on any atom is 0.223 e. The van der Waals surface area contributed by atoms with E-state index in [1.54, 1.807) is 6.92 Å². The van der Waals surface area contributed by atoms with Crippen LogP contribution < -0.4 is 5.73 Å². The quantitative estimate of drug-likeness (QED) is 0.809. The number of thiophene rings is 1. The lowest BCUT2D eigenvalue weighted by Gasteiger charge is -2.23. The van der Waals surface area contributed by atoms with E-state index >= 15 is 0 Å². The minimum absolute atomic E-state index is 0.00892. The molecule has 0 aromatic carbocycles. The molecule has 1 atom stereocenters. The molecule has 96 valence electrons. The van der Waals surface area contributed by atoms with Crippen LogP contribution in [-0.2, 0) is 16.6 Å². The van der Waals surface area contributed by atoms with Crippen molar-refractivity contribution in [3.05, 3.63) is 22.4 Å². The fourth-order valence-electron chi connectivity index (χ4n) is 1.33. The van der Waals surface area contributed by atoms with Crippen molar-refractivity contribution in [2.24, 2.45) is 5.73 Å². The third kappa shape index (κ3) is 3.48. The molecule has 1 heterocycles. The number of thiocarbonyl (C=S) groups is 1. The minimum atomic E-state index is -3.45. The summed E-state index contributed by atoms with van der Waals surface area (Å²) in [6.45, 7) is 4.11. The molecule has 4 nitrogen and oxygen atoms in total. The third-order valence-electron chi connectivity index (χ3n) is 2.47. The van der Waals surface area contributed by atoms with E-state index in [1.165, 1.54) is 22.6 Å². The van der Waals surface area contributed by atoms with Crippen LogP contribution in [0, 0.1) is 0 Å². The summed E-state index contributed by atoms with van der Waals surface area (Å²) in [6.07, 6.45) is 0. The minimum Gasteiger partial charge on any atom is -0.392 e. The van der Waals surface area contributed by atoms with Gasteiger partial charge in [0.05, 0.1) is 4.99 Å².